The van der Waals surface area contributed by atoms with Crippen LogP contribution in [0.1, 0.15) is 28.9 Å². The number of rotatable bonds is 5. The van der Waals surface area contributed by atoms with E-state index in [1.165, 1.54) is 36.6 Å². The van der Waals surface area contributed by atoms with Crippen molar-refractivity contribution in [3.63, 3.8) is 0 Å². The van der Waals surface area contributed by atoms with Crippen LogP contribution in [0.2, 0.25) is 5.15 Å². The van der Waals surface area contributed by atoms with Gasteiger partial charge in [0.1, 0.15) is 16.4 Å². The molecule has 0 radical (unpaired) electrons. The molecule has 10 nitrogen and oxygen atoms in total. The molecule has 2 aliphatic heterocycles. The summed E-state index contributed by atoms with van der Waals surface area (Å²) in [6, 6.07) is 4.47. The number of carbonyl (C=O) groups is 1. The normalized spacial score (nSPS) is 19.0. The molecule has 0 saturated carbocycles. The van der Waals surface area contributed by atoms with E-state index in [-0.39, 0.29) is 5.91 Å². The van der Waals surface area contributed by atoms with Gasteiger partial charge in [0.15, 0.2) is 9.96 Å². The van der Waals surface area contributed by atoms with E-state index in [0.717, 1.165) is 23.6 Å². The second kappa shape index (κ2) is 9.23. The maximum Gasteiger partial charge on any atom is 0.259 e. The van der Waals surface area contributed by atoms with E-state index >= 15 is 0 Å². The van der Waals surface area contributed by atoms with E-state index in [1.54, 1.807) is 19.4 Å². The molecule has 0 aliphatic carbocycles. The van der Waals surface area contributed by atoms with Gasteiger partial charge in [0.25, 0.3) is 5.91 Å². The predicted molar refractivity (Wildman–Crippen MR) is 139 cm³/mol. The summed E-state index contributed by atoms with van der Waals surface area (Å²) in [5.41, 5.74) is 3.04. The Hall–Kier alpha value is -3.41. The minimum absolute atomic E-state index is 0.296. The molecular weight excluding hydrogens is 500 g/mol. The van der Waals surface area contributed by atoms with Crippen molar-refractivity contribution < 1.29 is 9.53 Å². The zero-order chi connectivity index (χ0) is 24.8. The van der Waals surface area contributed by atoms with Gasteiger partial charge in [0, 0.05) is 48.2 Å². The Morgan fingerprint density at radius 2 is 1.92 bits per heavy atom. The van der Waals surface area contributed by atoms with Crippen LogP contribution in [0.3, 0.4) is 0 Å². The molecular formula is C24H23ClN8O2S. The van der Waals surface area contributed by atoms with Crippen molar-refractivity contribution in [2.75, 3.05) is 30.4 Å². The van der Waals surface area contributed by atoms with Crippen molar-refractivity contribution in [2.24, 2.45) is 0 Å². The molecule has 2 bridgehead atoms. The van der Waals surface area contributed by atoms with Gasteiger partial charge in [-0.15, -0.1) is 0 Å². The average Bonchev–Trinajstić information content (AvgIpc) is 3.44. The SMILES string of the molecule is COc1cnc(Cl)cc1-c1cc(C)ncc1C(=O)Nc1nc2cnc(N3CC4CCC(C3)N4)nc2s1. The summed E-state index contributed by atoms with van der Waals surface area (Å²) in [6.07, 6.45) is 7.16. The molecule has 1 amide bonds. The van der Waals surface area contributed by atoms with Gasteiger partial charge in [-0.25, -0.2) is 15.0 Å². The van der Waals surface area contributed by atoms with E-state index in [0.29, 0.717) is 56.3 Å². The molecule has 2 fully saturated rings. The lowest BCUT2D eigenvalue weighted by Gasteiger charge is -2.32. The number of piperazine rings is 1. The number of fused-ring (bicyclic) bond motifs is 3. The molecule has 0 spiro atoms. The smallest absolute Gasteiger partial charge is 0.259 e. The summed E-state index contributed by atoms with van der Waals surface area (Å²) in [4.78, 5) is 38.5. The van der Waals surface area contributed by atoms with Gasteiger partial charge in [-0.3, -0.25) is 15.1 Å². The first kappa shape index (κ1) is 23.0. The number of pyridine rings is 2. The van der Waals surface area contributed by atoms with Crippen molar-refractivity contribution in [1.29, 1.82) is 0 Å². The Bertz CT molecular complexity index is 1470. The third-order valence-electron chi connectivity index (χ3n) is 6.49. The fourth-order valence-corrected chi connectivity index (χ4v) is 5.77. The van der Waals surface area contributed by atoms with Gasteiger partial charge < -0.3 is 15.0 Å². The highest BCUT2D eigenvalue weighted by Gasteiger charge is 2.33. The number of ether oxygens (including phenoxy) is 1. The van der Waals surface area contributed by atoms with Crippen LogP contribution in [0.25, 0.3) is 21.5 Å². The number of aromatic nitrogens is 5. The molecule has 6 heterocycles. The lowest BCUT2D eigenvalue weighted by Crippen LogP contribution is -2.51. The number of hydrogen-bond acceptors (Lipinski definition) is 10. The van der Waals surface area contributed by atoms with Crippen LogP contribution in [0.15, 0.2) is 30.7 Å². The van der Waals surface area contributed by atoms with Crippen molar-refractivity contribution >= 4 is 50.3 Å². The van der Waals surface area contributed by atoms with E-state index < -0.39 is 0 Å². The van der Waals surface area contributed by atoms with Crippen molar-refractivity contribution in [2.45, 2.75) is 31.8 Å². The standard InChI is InChI=1S/C24H23ClN8O2S/c1-12-5-15(16-6-20(25)27-9-19(16)35-2)17(7-26-12)21(34)31-24-30-18-8-28-23(32-22(18)36-24)33-10-13-3-4-14(11-33)29-13/h5-9,13-14,29H,3-4,10-11H2,1-2H3,(H,30,31,34). The van der Waals surface area contributed by atoms with Gasteiger partial charge in [-0.2, -0.15) is 4.98 Å². The van der Waals surface area contributed by atoms with Gasteiger partial charge in [-0.1, -0.05) is 22.9 Å². The number of thiazole rings is 1. The molecule has 2 atom stereocenters. The van der Waals surface area contributed by atoms with Crippen molar-refractivity contribution in [3.8, 4) is 16.9 Å². The van der Waals surface area contributed by atoms with E-state index in [4.69, 9.17) is 21.3 Å². The summed E-state index contributed by atoms with van der Waals surface area (Å²) < 4.78 is 5.46. The minimum atomic E-state index is -0.349. The summed E-state index contributed by atoms with van der Waals surface area (Å²) >= 11 is 7.47. The highest BCUT2D eigenvalue weighted by molar-refractivity contribution is 7.22. The molecule has 4 aromatic rings. The van der Waals surface area contributed by atoms with Gasteiger partial charge in [-0.05, 0) is 31.9 Å². The highest BCUT2D eigenvalue weighted by atomic mass is 35.5. The summed E-state index contributed by atoms with van der Waals surface area (Å²) in [5.74, 6) is 0.857. The molecule has 4 aromatic heterocycles. The van der Waals surface area contributed by atoms with E-state index in [1.807, 2.05) is 13.0 Å². The van der Waals surface area contributed by atoms with Crippen LogP contribution in [-0.2, 0) is 0 Å². The number of nitrogens with zero attached hydrogens (tertiary/aromatic N) is 6. The Morgan fingerprint density at radius 1 is 1.11 bits per heavy atom. The lowest BCUT2D eigenvalue weighted by atomic mass is 10.0. The molecule has 6 rings (SSSR count). The third-order valence-corrected chi connectivity index (χ3v) is 7.57. The largest absolute Gasteiger partial charge is 0.494 e. The highest BCUT2D eigenvalue weighted by Crippen LogP contribution is 2.35. The quantitative estimate of drug-likeness (QED) is 0.378. The van der Waals surface area contributed by atoms with Crippen LogP contribution < -0.4 is 20.3 Å². The number of hydrogen-bond donors (Lipinski definition) is 2. The number of carbonyl (C=O) groups excluding carboxylic acids is 1. The maximum absolute atomic E-state index is 13.3. The molecule has 12 heteroatoms. The van der Waals surface area contributed by atoms with Crippen LogP contribution >= 0.6 is 22.9 Å². The predicted octanol–water partition coefficient (Wildman–Crippen LogP) is 3.71. The molecule has 2 aliphatic rings. The molecule has 2 N–H and O–H groups in total. The van der Waals surface area contributed by atoms with Crippen LogP contribution in [0.4, 0.5) is 11.1 Å². The van der Waals surface area contributed by atoms with Crippen LogP contribution in [0.5, 0.6) is 5.75 Å². The monoisotopic (exact) mass is 522 g/mol. The third kappa shape index (κ3) is 4.34. The number of nitrogens with one attached hydrogen (secondary N) is 2. The number of amides is 1. The molecule has 2 saturated heterocycles. The minimum Gasteiger partial charge on any atom is -0.494 e. The zero-order valence-corrected chi connectivity index (χ0v) is 21.2. The average molecular weight is 523 g/mol. The second-order valence-corrected chi connectivity index (χ2v) is 10.3. The molecule has 2 unspecified atom stereocenters. The molecule has 36 heavy (non-hydrogen) atoms. The van der Waals surface area contributed by atoms with Gasteiger partial charge in [0.05, 0.1) is 25.1 Å². The van der Waals surface area contributed by atoms with Gasteiger partial charge in [0.2, 0.25) is 5.95 Å². The number of aryl methyl sites for hydroxylation is 1. The molecule has 0 aromatic carbocycles. The fourth-order valence-electron chi connectivity index (χ4n) is 4.81. The summed E-state index contributed by atoms with van der Waals surface area (Å²) in [7, 11) is 1.55. The van der Waals surface area contributed by atoms with E-state index in [2.05, 4.69) is 35.5 Å². The zero-order valence-electron chi connectivity index (χ0n) is 19.7. The molecule has 184 valence electrons. The maximum atomic E-state index is 13.3. The van der Waals surface area contributed by atoms with Crippen LogP contribution in [0, 0.1) is 6.92 Å². The Morgan fingerprint density at radius 3 is 2.69 bits per heavy atom. The van der Waals surface area contributed by atoms with E-state index in [9.17, 15) is 4.79 Å². The summed E-state index contributed by atoms with van der Waals surface area (Å²) in [5, 5.41) is 7.25. The topological polar surface area (TPSA) is 118 Å². The first-order valence-electron chi connectivity index (χ1n) is 11.6. The first-order valence-corrected chi connectivity index (χ1v) is 12.8. The number of methoxy groups -OCH3 is 1. The summed E-state index contributed by atoms with van der Waals surface area (Å²) in [6.45, 7) is 3.65. The Labute approximate surface area is 216 Å². The number of halogens is 1. The first-order chi connectivity index (χ1) is 17.5. The fraction of sp³-hybridized carbons (Fsp3) is 0.333. The Balaban J connectivity index is 1.28. The van der Waals surface area contributed by atoms with Gasteiger partial charge >= 0.3 is 0 Å². The number of anilines is 2. The second-order valence-electron chi connectivity index (χ2n) is 8.95. The van der Waals surface area contributed by atoms with Crippen LogP contribution in [-0.4, -0.2) is 63.1 Å². The van der Waals surface area contributed by atoms with Crippen molar-refractivity contribution in [3.05, 3.63) is 47.1 Å². The van der Waals surface area contributed by atoms with Crippen molar-refractivity contribution in [1.82, 2.24) is 30.2 Å². The Kier molecular flexibility index (Phi) is 5.90. The lowest BCUT2D eigenvalue weighted by molar-refractivity contribution is 0.102.